The topological polar surface area (TPSA) is 99.7 Å². The van der Waals surface area contributed by atoms with Crippen molar-refractivity contribution in [1.29, 1.82) is 0 Å². The molecule has 0 bridgehead atoms. The molecule has 2 amide bonds. The summed E-state index contributed by atoms with van der Waals surface area (Å²) in [6, 6.07) is 10.5. The number of ether oxygens (including phenoxy) is 2. The van der Waals surface area contributed by atoms with Gasteiger partial charge in [-0.2, -0.15) is 0 Å². The summed E-state index contributed by atoms with van der Waals surface area (Å²) >= 11 is 0. The van der Waals surface area contributed by atoms with Crippen LogP contribution in [0.3, 0.4) is 0 Å². The van der Waals surface area contributed by atoms with Gasteiger partial charge in [0.1, 0.15) is 17.6 Å². The first-order valence-corrected chi connectivity index (χ1v) is 11.7. The molecule has 0 saturated carbocycles. The highest BCUT2D eigenvalue weighted by Crippen LogP contribution is 2.30. The molecule has 0 aliphatic carbocycles. The van der Waals surface area contributed by atoms with Gasteiger partial charge in [0.05, 0.1) is 23.5 Å². The molecule has 1 unspecified atom stereocenters. The summed E-state index contributed by atoms with van der Waals surface area (Å²) in [5, 5.41) is 0. The molecule has 2 N–H and O–H groups in total. The number of primary amides is 1. The molecule has 0 spiro atoms. The number of benzene rings is 2. The largest absolute Gasteiger partial charge is 0.573 e. The molecule has 1 aromatic heterocycles. The molecule has 196 valence electrons. The van der Waals surface area contributed by atoms with Crippen LogP contribution in [0.15, 0.2) is 55.0 Å². The van der Waals surface area contributed by atoms with Gasteiger partial charge < -0.3 is 24.7 Å². The highest BCUT2D eigenvalue weighted by atomic mass is 19.4. The van der Waals surface area contributed by atoms with Crippen molar-refractivity contribution in [3.8, 4) is 22.8 Å². The van der Waals surface area contributed by atoms with Gasteiger partial charge in [0.25, 0.3) is 5.91 Å². The second kappa shape index (κ2) is 10.5. The van der Waals surface area contributed by atoms with Crippen molar-refractivity contribution >= 4 is 11.8 Å². The summed E-state index contributed by atoms with van der Waals surface area (Å²) in [5.41, 5.74) is 7.91. The quantitative estimate of drug-likeness (QED) is 0.506. The summed E-state index contributed by atoms with van der Waals surface area (Å²) in [6.07, 6.45) is -0.379. The fourth-order valence-electron chi connectivity index (χ4n) is 4.29. The molecular formula is C26H27F3N4O4. The lowest BCUT2D eigenvalue weighted by molar-refractivity contribution is -0.274. The van der Waals surface area contributed by atoms with E-state index in [2.05, 4.69) is 9.72 Å². The molecule has 8 nitrogen and oxygen atoms in total. The first-order valence-electron chi connectivity index (χ1n) is 11.7. The van der Waals surface area contributed by atoms with Gasteiger partial charge in [-0.1, -0.05) is 12.1 Å². The Morgan fingerprint density at radius 2 is 1.78 bits per heavy atom. The molecule has 1 aliphatic heterocycles. The zero-order valence-electron chi connectivity index (χ0n) is 20.4. The van der Waals surface area contributed by atoms with Gasteiger partial charge >= 0.3 is 6.36 Å². The smallest absolute Gasteiger partial charge is 0.489 e. The number of nitrogens with two attached hydrogens (primary N) is 1. The van der Waals surface area contributed by atoms with Gasteiger partial charge in [-0.05, 0) is 42.8 Å². The lowest BCUT2D eigenvalue weighted by Crippen LogP contribution is -2.43. The third-order valence-electron chi connectivity index (χ3n) is 6.28. The molecule has 1 aliphatic rings. The number of amides is 2. The lowest BCUT2D eigenvalue weighted by Gasteiger charge is -2.34. The molecule has 2 aromatic carbocycles. The van der Waals surface area contributed by atoms with Crippen LogP contribution in [0.2, 0.25) is 0 Å². The number of imidazole rings is 1. The molecule has 4 rings (SSSR count). The number of carbonyl (C=O) groups is 2. The molecule has 11 heteroatoms. The Kier molecular flexibility index (Phi) is 7.42. The first kappa shape index (κ1) is 26.1. The third kappa shape index (κ3) is 6.41. The van der Waals surface area contributed by atoms with Crippen molar-refractivity contribution < 1.29 is 32.2 Å². The highest BCUT2D eigenvalue weighted by Gasteiger charge is 2.32. The number of aryl methyl sites for hydroxylation is 1. The Bertz CT molecular complexity index is 1270. The Morgan fingerprint density at radius 3 is 2.35 bits per heavy atom. The monoisotopic (exact) mass is 516 g/mol. The van der Waals surface area contributed by atoms with E-state index in [1.54, 1.807) is 34.9 Å². The lowest BCUT2D eigenvalue weighted by atomic mass is 9.97. The molecule has 3 aromatic rings. The summed E-state index contributed by atoms with van der Waals surface area (Å²) < 4.78 is 48.9. The minimum absolute atomic E-state index is 0.125. The van der Waals surface area contributed by atoms with Crippen LogP contribution in [0.4, 0.5) is 13.2 Å². The van der Waals surface area contributed by atoms with Crippen LogP contribution in [-0.4, -0.2) is 51.8 Å². The van der Waals surface area contributed by atoms with Crippen molar-refractivity contribution in [2.24, 2.45) is 12.8 Å². The van der Waals surface area contributed by atoms with Gasteiger partial charge in [-0.15, -0.1) is 13.2 Å². The number of rotatable bonds is 7. The van der Waals surface area contributed by atoms with Gasteiger partial charge in [-0.3, -0.25) is 9.59 Å². The summed E-state index contributed by atoms with van der Waals surface area (Å²) in [7, 11) is 1.85. The van der Waals surface area contributed by atoms with E-state index in [1.807, 2.05) is 19.3 Å². The fraction of sp³-hybridized carbons (Fsp3) is 0.346. The second-order valence-electron chi connectivity index (χ2n) is 8.98. The molecule has 1 fully saturated rings. The molecule has 1 saturated heterocycles. The second-order valence-corrected chi connectivity index (χ2v) is 8.98. The van der Waals surface area contributed by atoms with Crippen LogP contribution in [0.5, 0.6) is 11.5 Å². The van der Waals surface area contributed by atoms with Crippen LogP contribution in [0, 0.1) is 0 Å². The first-order chi connectivity index (χ1) is 17.5. The van der Waals surface area contributed by atoms with Crippen LogP contribution in [0.1, 0.15) is 41.6 Å². The number of likely N-dealkylation sites (tertiary alicyclic amines) is 1. The number of nitrogens with zero attached hydrogens (tertiary/aromatic N) is 3. The number of carbonyl (C=O) groups excluding carboxylic acids is 2. The van der Waals surface area contributed by atoms with Crippen molar-refractivity contribution in [2.75, 3.05) is 13.1 Å². The van der Waals surface area contributed by atoms with Crippen molar-refractivity contribution in [3.05, 3.63) is 66.1 Å². The molecule has 2 heterocycles. The predicted molar refractivity (Wildman–Crippen MR) is 129 cm³/mol. The summed E-state index contributed by atoms with van der Waals surface area (Å²) in [6.45, 7) is 2.61. The van der Waals surface area contributed by atoms with Crippen molar-refractivity contribution in [3.63, 3.8) is 0 Å². The van der Waals surface area contributed by atoms with Crippen LogP contribution in [0.25, 0.3) is 11.3 Å². The van der Waals surface area contributed by atoms with Gasteiger partial charge in [0.15, 0.2) is 0 Å². The van der Waals surface area contributed by atoms with Gasteiger partial charge in [0, 0.05) is 44.7 Å². The normalized spacial score (nSPS) is 15.3. The third-order valence-corrected chi connectivity index (χ3v) is 6.28. The van der Waals surface area contributed by atoms with Crippen molar-refractivity contribution in [2.45, 2.75) is 38.1 Å². The average molecular weight is 517 g/mol. The van der Waals surface area contributed by atoms with E-state index in [4.69, 9.17) is 10.5 Å². The van der Waals surface area contributed by atoms with E-state index >= 15 is 0 Å². The average Bonchev–Trinajstić information content (AvgIpc) is 3.29. The summed E-state index contributed by atoms with van der Waals surface area (Å²) in [5.74, 6) is -1.22. The molecule has 0 radical (unpaired) electrons. The van der Waals surface area contributed by atoms with Crippen LogP contribution >= 0.6 is 0 Å². The Labute approximate surface area is 211 Å². The fourth-order valence-corrected chi connectivity index (χ4v) is 4.29. The van der Waals surface area contributed by atoms with E-state index in [0.717, 1.165) is 5.56 Å². The van der Waals surface area contributed by atoms with Crippen molar-refractivity contribution in [1.82, 2.24) is 14.5 Å². The predicted octanol–water partition coefficient (Wildman–Crippen LogP) is 4.26. The minimum Gasteiger partial charge on any atom is -0.489 e. The molecule has 1 atom stereocenters. The number of piperidine rings is 1. The maximum atomic E-state index is 13.0. The Morgan fingerprint density at radius 1 is 1.11 bits per heavy atom. The number of alkyl halides is 3. The number of hydrogen-bond donors (Lipinski definition) is 1. The van der Waals surface area contributed by atoms with E-state index in [0.29, 0.717) is 42.9 Å². The SMILES string of the molecule is CC(C(=O)N1CCC(Oc2ccc(-c3cn(C)cn3)cc2C(N)=O)CC1)c1ccc(OC(F)(F)F)cc1. The van der Waals surface area contributed by atoms with E-state index in [1.165, 1.54) is 24.3 Å². The zero-order valence-corrected chi connectivity index (χ0v) is 20.4. The molecule has 37 heavy (non-hydrogen) atoms. The Balaban J connectivity index is 1.36. The van der Waals surface area contributed by atoms with E-state index in [9.17, 15) is 22.8 Å². The number of hydrogen-bond acceptors (Lipinski definition) is 5. The van der Waals surface area contributed by atoms with Crippen LogP contribution in [-0.2, 0) is 11.8 Å². The maximum Gasteiger partial charge on any atom is 0.573 e. The van der Waals surface area contributed by atoms with Gasteiger partial charge in [-0.25, -0.2) is 4.98 Å². The summed E-state index contributed by atoms with van der Waals surface area (Å²) in [4.78, 5) is 31.1. The maximum absolute atomic E-state index is 13.0. The Hall–Kier alpha value is -4.02. The highest BCUT2D eigenvalue weighted by molar-refractivity contribution is 5.97. The standard InChI is InChI=1S/C26H27F3N4O4/c1-16(17-3-6-20(7-4-17)37-26(27,28)29)25(35)33-11-9-19(10-12-33)36-23-8-5-18(13-21(23)24(30)34)22-14-32(2)15-31-22/h3-8,13-16,19H,9-12H2,1-2H3,(H2,30,34). The van der Waals surface area contributed by atoms with E-state index < -0.39 is 18.2 Å². The minimum atomic E-state index is -4.77. The van der Waals surface area contributed by atoms with Gasteiger partial charge in [0.2, 0.25) is 5.91 Å². The number of aromatic nitrogens is 2. The van der Waals surface area contributed by atoms with E-state index in [-0.39, 0.29) is 23.3 Å². The van der Waals surface area contributed by atoms with Crippen LogP contribution < -0.4 is 15.2 Å². The zero-order chi connectivity index (χ0) is 26.7. The molecular weight excluding hydrogens is 489 g/mol. The number of halogens is 3.